The monoisotopic (exact) mass is 434 g/mol. The summed E-state index contributed by atoms with van der Waals surface area (Å²) in [7, 11) is 0. The number of benzene rings is 3. The first-order valence-corrected chi connectivity index (χ1v) is 11.0. The molecule has 160 valence electrons. The summed E-state index contributed by atoms with van der Waals surface area (Å²) in [6, 6.07) is 22.4. The van der Waals surface area contributed by atoms with Crippen LogP contribution in [-0.2, 0) is 11.3 Å². The summed E-state index contributed by atoms with van der Waals surface area (Å²) in [5.74, 6) is -0.0836. The Hall–Kier alpha value is -2.73. The maximum absolute atomic E-state index is 12.4. The first-order valence-electron chi connectivity index (χ1n) is 10.6. The van der Waals surface area contributed by atoms with Crippen LogP contribution >= 0.6 is 11.6 Å². The van der Waals surface area contributed by atoms with Gasteiger partial charge in [-0.1, -0.05) is 66.2 Å². The third-order valence-corrected chi connectivity index (χ3v) is 6.07. The number of amides is 1. The van der Waals surface area contributed by atoms with E-state index in [4.69, 9.17) is 11.6 Å². The van der Waals surface area contributed by atoms with Crippen molar-refractivity contribution in [3.63, 3.8) is 0 Å². The van der Waals surface area contributed by atoms with Crippen molar-refractivity contribution in [3.05, 3.63) is 82.9 Å². The molecule has 5 nitrogen and oxygen atoms in total. The summed E-state index contributed by atoms with van der Waals surface area (Å²) in [5.41, 5.74) is 5.66. The van der Waals surface area contributed by atoms with Gasteiger partial charge in [0.2, 0.25) is 0 Å². The van der Waals surface area contributed by atoms with Gasteiger partial charge in [-0.3, -0.25) is 14.6 Å². The first kappa shape index (κ1) is 21.5. The fourth-order valence-electron chi connectivity index (χ4n) is 3.84. The number of carbonyl (C=O) groups is 1. The number of piperazine rings is 1. The van der Waals surface area contributed by atoms with Crippen LogP contribution in [0.3, 0.4) is 0 Å². The highest BCUT2D eigenvalue weighted by Crippen LogP contribution is 2.18. The van der Waals surface area contributed by atoms with E-state index in [9.17, 15) is 4.79 Å². The van der Waals surface area contributed by atoms with Gasteiger partial charge in [0.1, 0.15) is 0 Å². The number of nitrogens with one attached hydrogen (secondary N) is 1. The number of nitrogens with zero attached hydrogens (tertiary/aromatic N) is 3. The molecule has 0 atom stereocenters. The Labute approximate surface area is 188 Å². The number of carbonyl (C=O) groups excluding carboxylic acids is 1. The van der Waals surface area contributed by atoms with Crippen molar-refractivity contribution in [1.82, 2.24) is 15.2 Å². The molecule has 0 unspecified atom stereocenters. The highest BCUT2D eigenvalue weighted by molar-refractivity contribution is 6.31. The molecule has 3 aromatic rings. The fraction of sp³-hybridized carbons (Fsp3) is 0.280. The summed E-state index contributed by atoms with van der Waals surface area (Å²) in [4.78, 5) is 16.9. The molecule has 1 amide bonds. The van der Waals surface area contributed by atoms with E-state index < -0.39 is 0 Å². The lowest BCUT2D eigenvalue weighted by Gasteiger charge is -2.34. The van der Waals surface area contributed by atoms with Crippen LogP contribution in [0, 0.1) is 0 Å². The van der Waals surface area contributed by atoms with Gasteiger partial charge in [0, 0.05) is 37.7 Å². The Morgan fingerprint density at radius 1 is 0.935 bits per heavy atom. The molecule has 31 heavy (non-hydrogen) atoms. The normalized spacial score (nSPS) is 15.9. The smallest absolute Gasteiger partial charge is 0.254 e. The summed E-state index contributed by atoms with van der Waals surface area (Å²) in [6.45, 7) is 6.65. The Kier molecular flexibility index (Phi) is 6.97. The number of hydrogen-bond acceptors (Lipinski definition) is 4. The summed E-state index contributed by atoms with van der Waals surface area (Å²) in [5, 5.41) is 7.48. The van der Waals surface area contributed by atoms with Crippen LogP contribution in [0.25, 0.3) is 10.8 Å². The first-order chi connectivity index (χ1) is 15.1. The van der Waals surface area contributed by atoms with Crippen molar-refractivity contribution in [2.45, 2.75) is 13.5 Å². The lowest BCUT2D eigenvalue weighted by atomic mass is 10.0. The van der Waals surface area contributed by atoms with E-state index in [0.29, 0.717) is 6.54 Å². The number of rotatable bonds is 6. The van der Waals surface area contributed by atoms with Crippen LogP contribution in [0.2, 0.25) is 5.02 Å². The van der Waals surface area contributed by atoms with Crippen molar-refractivity contribution in [3.8, 4) is 0 Å². The van der Waals surface area contributed by atoms with E-state index in [-0.39, 0.29) is 5.91 Å². The molecule has 3 aromatic carbocycles. The van der Waals surface area contributed by atoms with Gasteiger partial charge in [0.25, 0.3) is 5.91 Å². The van der Waals surface area contributed by atoms with Gasteiger partial charge in [-0.05, 0) is 41.0 Å². The second-order valence-corrected chi connectivity index (χ2v) is 8.35. The van der Waals surface area contributed by atoms with Gasteiger partial charge in [-0.25, -0.2) is 5.43 Å². The fourth-order valence-corrected chi connectivity index (χ4v) is 4.03. The minimum absolute atomic E-state index is 0.0836. The zero-order valence-corrected chi connectivity index (χ0v) is 18.5. The predicted molar refractivity (Wildman–Crippen MR) is 127 cm³/mol. The molecular formula is C25H27ClN4O. The van der Waals surface area contributed by atoms with Gasteiger partial charge in [0.05, 0.1) is 12.3 Å². The van der Waals surface area contributed by atoms with Crippen LogP contribution in [0.1, 0.15) is 18.1 Å². The molecule has 1 aliphatic rings. The molecule has 6 heteroatoms. The Balaban J connectivity index is 1.25. The SMILES string of the molecule is CC(=NNC(=O)CN1CCN(Cc2ccccc2Cl)CC1)c1ccc2ccccc2c1. The zero-order chi connectivity index (χ0) is 21.6. The summed E-state index contributed by atoms with van der Waals surface area (Å²) < 4.78 is 0. The van der Waals surface area contributed by atoms with E-state index in [0.717, 1.165) is 60.0 Å². The highest BCUT2D eigenvalue weighted by atomic mass is 35.5. The topological polar surface area (TPSA) is 47.9 Å². The van der Waals surface area contributed by atoms with E-state index in [1.165, 1.54) is 5.39 Å². The molecule has 0 spiro atoms. The van der Waals surface area contributed by atoms with Crippen molar-refractivity contribution in [1.29, 1.82) is 0 Å². The van der Waals surface area contributed by atoms with Crippen LogP contribution in [0.4, 0.5) is 0 Å². The van der Waals surface area contributed by atoms with Crippen molar-refractivity contribution in [2.24, 2.45) is 5.10 Å². The van der Waals surface area contributed by atoms with E-state index in [1.54, 1.807) is 0 Å². The maximum Gasteiger partial charge on any atom is 0.254 e. The molecule has 1 saturated heterocycles. The highest BCUT2D eigenvalue weighted by Gasteiger charge is 2.19. The molecule has 1 N–H and O–H groups in total. The second kappa shape index (κ2) is 10.1. The van der Waals surface area contributed by atoms with Gasteiger partial charge in [-0.2, -0.15) is 5.10 Å². The third-order valence-electron chi connectivity index (χ3n) is 5.70. The average Bonchev–Trinajstić information content (AvgIpc) is 2.80. The van der Waals surface area contributed by atoms with Gasteiger partial charge >= 0.3 is 0 Å². The Bertz CT molecular complexity index is 1090. The van der Waals surface area contributed by atoms with E-state index in [1.807, 2.05) is 43.3 Å². The molecule has 1 heterocycles. The van der Waals surface area contributed by atoms with E-state index >= 15 is 0 Å². The van der Waals surface area contributed by atoms with Crippen LogP contribution in [-0.4, -0.2) is 54.1 Å². The summed E-state index contributed by atoms with van der Waals surface area (Å²) >= 11 is 6.27. The molecule has 0 bridgehead atoms. The van der Waals surface area contributed by atoms with Crippen LogP contribution in [0.5, 0.6) is 0 Å². The number of hydrogen-bond donors (Lipinski definition) is 1. The van der Waals surface area contributed by atoms with Crippen molar-refractivity contribution in [2.75, 3.05) is 32.7 Å². The second-order valence-electron chi connectivity index (χ2n) is 7.94. The lowest BCUT2D eigenvalue weighted by Crippen LogP contribution is -2.48. The largest absolute Gasteiger partial charge is 0.296 e. The van der Waals surface area contributed by atoms with Gasteiger partial charge in [0.15, 0.2) is 0 Å². The zero-order valence-electron chi connectivity index (χ0n) is 17.7. The Morgan fingerprint density at radius 3 is 2.39 bits per heavy atom. The summed E-state index contributed by atoms with van der Waals surface area (Å²) in [6.07, 6.45) is 0. The molecular weight excluding hydrogens is 408 g/mol. The standard InChI is InChI=1S/C25H27ClN4O/c1-19(21-11-10-20-6-2-3-7-22(20)16-21)27-28-25(31)18-30-14-12-29(13-15-30)17-23-8-4-5-9-24(23)26/h2-11,16H,12-15,17-18H2,1H3,(H,28,31). The third kappa shape index (κ3) is 5.70. The molecule has 1 aliphatic heterocycles. The molecule has 4 rings (SSSR count). The average molecular weight is 435 g/mol. The molecule has 0 saturated carbocycles. The van der Waals surface area contributed by atoms with Crippen molar-refractivity contribution >= 4 is 34.0 Å². The molecule has 0 aliphatic carbocycles. The maximum atomic E-state index is 12.4. The van der Waals surface area contributed by atoms with Crippen LogP contribution in [0.15, 0.2) is 71.8 Å². The predicted octanol–water partition coefficient (Wildman–Crippen LogP) is 4.15. The minimum atomic E-state index is -0.0836. The van der Waals surface area contributed by atoms with Crippen molar-refractivity contribution < 1.29 is 4.79 Å². The number of hydrazone groups is 1. The van der Waals surface area contributed by atoms with Gasteiger partial charge in [-0.15, -0.1) is 0 Å². The lowest BCUT2D eigenvalue weighted by molar-refractivity contribution is -0.122. The van der Waals surface area contributed by atoms with E-state index in [2.05, 4.69) is 50.7 Å². The Morgan fingerprint density at radius 2 is 1.61 bits per heavy atom. The van der Waals surface area contributed by atoms with Crippen LogP contribution < -0.4 is 5.43 Å². The molecule has 0 aromatic heterocycles. The number of halogens is 1. The molecule has 1 fully saturated rings. The minimum Gasteiger partial charge on any atom is -0.296 e. The molecule has 0 radical (unpaired) electrons. The quantitative estimate of drug-likeness (QED) is 0.468. The van der Waals surface area contributed by atoms with Gasteiger partial charge < -0.3 is 0 Å². The number of fused-ring (bicyclic) bond motifs is 1.